The average Bonchev–Trinajstić information content (AvgIpc) is 2.86. The van der Waals surface area contributed by atoms with Crippen molar-refractivity contribution in [2.45, 2.75) is 33.2 Å². The van der Waals surface area contributed by atoms with E-state index in [1.165, 1.54) is 0 Å². The van der Waals surface area contributed by atoms with E-state index in [2.05, 4.69) is 36.2 Å². The van der Waals surface area contributed by atoms with Crippen LogP contribution in [0.1, 0.15) is 38.1 Å². The average molecular weight is 244 g/mol. The highest BCUT2D eigenvalue weighted by Gasteiger charge is 2.05. The van der Waals surface area contributed by atoms with Crippen LogP contribution in [0.5, 0.6) is 0 Å². The summed E-state index contributed by atoms with van der Waals surface area (Å²) in [5.74, 6) is 1.31. The van der Waals surface area contributed by atoms with Gasteiger partial charge >= 0.3 is 0 Å². The Kier molecular flexibility index (Phi) is 4.10. The molecule has 4 nitrogen and oxygen atoms in total. The first-order valence-corrected chi connectivity index (χ1v) is 6.43. The summed E-state index contributed by atoms with van der Waals surface area (Å²) in [7, 11) is 0. The van der Waals surface area contributed by atoms with E-state index in [0.717, 1.165) is 30.3 Å². The molecular weight excluding hydrogens is 224 g/mol. The van der Waals surface area contributed by atoms with E-state index in [1.807, 2.05) is 35.1 Å². The molecule has 4 heteroatoms. The topological polar surface area (TPSA) is 42.7 Å². The lowest BCUT2D eigenvalue weighted by Crippen LogP contribution is -2.13. The molecule has 2 heterocycles. The summed E-state index contributed by atoms with van der Waals surface area (Å²) >= 11 is 0. The van der Waals surface area contributed by atoms with Crippen molar-refractivity contribution in [2.75, 3.05) is 6.54 Å². The van der Waals surface area contributed by atoms with Crippen molar-refractivity contribution in [3.8, 4) is 5.82 Å². The molecule has 2 aromatic rings. The van der Waals surface area contributed by atoms with Crippen LogP contribution in [0.15, 0.2) is 30.5 Å². The molecule has 18 heavy (non-hydrogen) atoms. The van der Waals surface area contributed by atoms with Crippen LogP contribution in [0, 0.1) is 0 Å². The van der Waals surface area contributed by atoms with Crippen LogP contribution in [0.2, 0.25) is 0 Å². The van der Waals surface area contributed by atoms with Gasteiger partial charge in [-0.2, -0.15) is 5.10 Å². The van der Waals surface area contributed by atoms with Gasteiger partial charge in [0.25, 0.3) is 0 Å². The summed E-state index contributed by atoms with van der Waals surface area (Å²) < 4.78 is 1.84. The second-order valence-corrected chi connectivity index (χ2v) is 4.61. The van der Waals surface area contributed by atoms with Crippen LogP contribution in [0.4, 0.5) is 0 Å². The Hall–Kier alpha value is -1.68. The first-order chi connectivity index (χ1) is 8.70. The van der Waals surface area contributed by atoms with Crippen LogP contribution in [0.3, 0.4) is 0 Å². The maximum atomic E-state index is 4.59. The molecule has 0 aliphatic carbocycles. The third-order valence-electron chi connectivity index (χ3n) is 2.78. The maximum absolute atomic E-state index is 4.59. The molecule has 0 aliphatic heterocycles. The summed E-state index contributed by atoms with van der Waals surface area (Å²) in [6.07, 6.45) is 1.97. The minimum absolute atomic E-state index is 0.441. The molecule has 0 fully saturated rings. The number of nitrogens with zero attached hydrogens (tertiary/aromatic N) is 3. The van der Waals surface area contributed by atoms with Crippen molar-refractivity contribution in [1.82, 2.24) is 20.1 Å². The zero-order chi connectivity index (χ0) is 13.0. The van der Waals surface area contributed by atoms with Crippen molar-refractivity contribution in [1.29, 1.82) is 0 Å². The fourth-order valence-electron chi connectivity index (χ4n) is 1.72. The van der Waals surface area contributed by atoms with Gasteiger partial charge in [0.15, 0.2) is 5.82 Å². The smallest absolute Gasteiger partial charge is 0.153 e. The van der Waals surface area contributed by atoms with Gasteiger partial charge in [0.2, 0.25) is 0 Å². The van der Waals surface area contributed by atoms with Gasteiger partial charge in [0.1, 0.15) is 0 Å². The van der Waals surface area contributed by atoms with E-state index in [9.17, 15) is 0 Å². The van der Waals surface area contributed by atoms with Crippen LogP contribution >= 0.6 is 0 Å². The maximum Gasteiger partial charge on any atom is 0.153 e. The van der Waals surface area contributed by atoms with Crippen molar-refractivity contribution in [3.05, 3.63) is 41.9 Å². The molecule has 0 bridgehead atoms. The lowest BCUT2D eigenvalue weighted by atomic mass is 10.1. The number of nitrogens with one attached hydrogen (secondary N) is 1. The molecular formula is C14H20N4. The number of hydrogen-bond donors (Lipinski definition) is 1. The summed E-state index contributed by atoms with van der Waals surface area (Å²) in [6.45, 7) is 8.11. The first-order valence-electron chi connectivity index (χ1n) is 6.43. The van der Waals surface area contributed by atoms with Gasteiger partial charge in [0, 0.05) is 12.7 Å². The lowest BCUT2D eigenvalue weighted by molar-refractivity contribution is 0.701. The zero-order valence-corrected chi connectivity index (χ0v) is 11.2. The highest BCUT2D eigenvalue weighted by Crippen LogP contribution is 2.13. The van der Waals surface area contributed by atoms with E-state index in [0.29, 0.717) is 5.92 Å². The minimum Gasteiger partial charge on any atom is -0.311 e. The van der Waals surface area contributed by atoms with Gasteiger partial charge < -0.3 is 5.32 Å². The van der Waals surface area contributed by atoms with Gasteiger partial charge in [-0.15, -0.1) is 0 Å². The molecule has 0 saturated carbocycles. The van der Waals surface area contributed by atoms with Crippen LogP contribution < -0.4 is 5.32 Å². The Labute approximate surface area is 108 Å². The summed E-state index contributed by atoms with van der Waals surface area (Å²) in [5, 5.41) is 7.81. The second-order valence-electron chi connectivity index (χ2n) is 4.61. The molecule has 0 unspecified atom stereocenters. The molecule has 0 aromatic carbocycles. The molecule has 2 aromatic heterocycles. The Balaban J connectivity index is 2.21. The van der Waals surface area contributed by atoms with Crippen LogP contribution in [-0.4, -0.2) is 21.3 Å². The molecule has 0 spiro atoms. The fraction of sp³-hybridized carbons (Fsp3) is 0.429. The zero-order valence-electron chi connectivity index (χ0n) is 11.2. The highest BCUT2D eigenvalue weighted by atomic mass is 15.3. The van der Waals surface area contributed by atoms with Crippen molar-refractivity contribution in [3.63, 3.8) is 0 Å². The first kappa shape index (κ1) is 12.8. The van der Waals surface area contributed by atoms with E-state index in [4.69, 9.17) is 0 Å². The standard InChI is InChI=1S/C14H20N4/c1-4-15-10-12-6-5-7-14(16-12)18-9-8-13(17-18)11(2)3/h5-9,11,15H,4,10H2,1-3H3. The molecule has 0 saturated heterocycles. The summed E-state index contributed by atoms with van der Waals surface area (Å²) in [4.78, 5) is 4.59. The largest absolute Gasteiger partial charge is 0.311 e. The molecule has 0 radical (unpaired) electrons. The Morgan fingerprint density at radius 2 is 2.11 bits per heavy atom. The van der Waals surface area contributed by atoms with Crippen molar-refractivity contribution >= 4 is 0 Å². The Morgan fingerprint density at radius 3 is 2.78 bits per heavy atom. The molecule has 0 aliphatic rings. The van der Waals surface area contributed by atoms with Crippen LogP contribution in [-0.2, 0) is 6.54 Å². The molecule has 96 valence electrons. The van der Waals surface area contributed by atoms with Crippen LogP contribution in [0.25, 0.3) is 5.82 Å². The predicted octanol–water partition coefficient (Wildman–Crippen LogP) is 2.50. The number of aromatic nitrogens is 3. The van der Waals surface area contributed by atoms with Gasteiger partial charge in [-0.3, -0.25) is 0 Å². The third-order valence-corrected chi connectivity index (χ3v) is 2.78. The van der Waals surface area contributed by atoms with E-state index >= 15 is 0 Å². The summed E-state index contributed by atoms with van der Waals surface area (Å²) in [6, 6.07) is 8.07. The Morgan fingerprint density at radius 1 is 1.28 bits per heavy atom. The minimum atomic E-state index is 0.441. The number of hydrogen-bond acceptors (Lipinski definition) is 3. The highest BCUT2D eigenvalue weighted by molar-refractivity contribution is 5.24. The lowest BCUT2D eigenvalue weighted by Gasteiger charge is -2.05. The monoisotopic (exact) mass is 244 g/mol. The van der Waals surface area contributed by atoms with Gasteiger partial charge in [-0.05, 0) is 30.7 Å². The number of rotatable bonds is 5. The predicted molar refractivity (Wildman–Crippen MR) is 72.8 cm³/mol. The SMILES string of the molecule is CCNCc1cccc(-n2ccc(C(C)C)n2)n1. The van der Waals surface area contributed by atoms with E-state index in [1.54, 1.807) is 0 Å². The van der Waals surface area contributed by atoms with E-state index in [-0.39, 0.29) is 0 Å². The Bertz CT molecular complexity index is 502. The molecule has 1 N–H and O–H groups in total. The quantitative estimate of drug-likeness (QED) is 0.878. The van der Waals surface area contributed by atoms with Gasteiger partial charge in [-0.1, -0.05) is 26.8 Å². The normalized spacial score (nSPS) is 11.1. The third kappa shape index (κ3) is 2.96. The van der Waals surface area contributed by atoms with Gasteiger partial charge in [-0.25, -0.2) is 9.67 Å². The van der Waals surface area contributed by atoms with Crippen molar-refractivity contribution < 1.29 is 0 Å². The molecule has 0 amide bonds. The molecule has 2 rings (SSSR count). The van der Waals surface area contributed by atoms with Crippen molar-refractivity contribution in [2.24, 2.45) is 0 Å². The second kappa shape index (κ2) is 5.78. The fourth-order valence-corrected chi connectivity index (χ4v) is 1.72. The summed E-state index contributed by atoms with van der Waals surface area (Å²) in [5.41, 5.74) is 2.13. The van der Waals surface area contributed by atoms with E-state index < -0.39 is 0 Å². The molecule has 0 atom stereocenters. The van der Waals surface area contributed by atoms with Gasteiger partial charge in [0.05, 0.1) is 11.4 Å². The number of pyridine rings is 1.